The maximum atomic E-state index is 3.65. The second-order valence-electron chi connectivity index (χ2n) is 7.76. The highest BCUT2D eigenvalue weighted by Crippen LogP contribution is 2.15. The van der Waals surface area contributed by atoms with Gasteiger partial charge < -0.3 is 21.3 Å². The molecule has 0 aromatic rings. The Morgan fingerprint density at radius 2 is 1.16 bits per heavy atom. The van der Waals surface area contributed by atoms with E-state index in [1.807, 2.05) is 0 Å². The van der Waals surface area contributed by atoms with Crippen molar-refractivity contribution in [2.45, 2.75) is 84.0 Å². The van der Waals surface area contributed by atoms with Gasteiger partial charge in [-0.1, -0.05) is 71.1 Å². The summed E-state index contributed by atoms with van der Waals surface area (Å²) in [6.07, 6.45) is 17.1. The van der Waals surface area contributed by atoms with E-state index in [9.17, 15) is 0 Å². The SMILES string of the molecule is CCCCCCCCCCCCC1CCNCNCCNCCNC1. The Hall–Kier alpha value is -0.160. The molecule has 150 valence electrons. The third kappa shape index (κ3) is 15.8. The zero-order valence-electron chi connectivity index (χ0n) is 17.0. The summed E-state index contributed by atoms with van der Waals surface area (Å²) < 4.78 is 0. The van der Waals surface area contributed by atoms with Crippen LogP contribution in [-0.4, -0.2) is 45.9 Å². The average Bonchev–Trinajstić information content (AvgIpc) is 2.65. The monoisotopic (exact) mass is 354 g/mol. The van der Waals surface area contributed by atoms with E-state index in [1.54, 1.807) is 0 Å². The van der Waals surface area contributed by atoms with E-state index in [0.717, 1.165) is 45.3 Å². The van der Waals surface area contributed by atoms with Gasteiger partial charge in [-0.15, -0.1) is 0 Å². The highest BCUT2D eigenvalue weighted by molar-refractivity contribution is 4.66. The maximum absolute atomic E-state index is 3.65. The van der Waals surface area contributed by atoms with E-state index >= 15 is 0 Å². The summed E-state index contributed by atoms with van der Waals surface area (Å²) in [5, 5.41) is 14.1. The second-order valence-corrected chi connectivity index (χ2v) is 7.76. The van der Waals surface area contributed by atoms with Crippen LogP contribution in [0.15, 0.2) is 0 Å². The van der Waals surface area contributed by atoms with Crippen LogP contribution >= 0.6 is 0 Å². The van der Waals surface area contributed by atoms with Crippen molar-refractivity contribution in [3.8, 4) is 0 Å². The zero-order chi connectivity index (χ0) is 17.8. The summed E-state index contributed by atoms with van der Waals surface area (Å²) >= 11 is 0. The molecule has 1 aliphatic rings. The Labute approximate surface area is 157 Å². The van der Waals surface area contributed by atoms with Gasteiger partial charge in [-0.2, -0.15) is 0 Å². The van der Waals surface area contributed by atoms with Gasteiger partial charge in [-0.05, 0) is 31.8 Å². The van der Waals surface area contributed by atoms with Crippen molar-refractivity contribution in [1.29, 1.82) is 0 Å². The van der Waals surface area contributed by atoms with Crippen LogP contribution in [-0.2, 0) is 0 Å². The smallest absolute Gasteiger partial charge is 0.0454 e. The fourth-order valence-corrected chi connectivity index (χ4v) is 3.63. The van der Waals surface area contributed by atoms with Crippen LogP contribution in [0.2, 0.25) is 0 Å². The number of hydrogen-bond acceptors (Lipinski definition) is 4. The Bertz CT molecular complexity index is 246. The molecule has 1 aliphatic heterocycles. The molecule has 1 heterocycles. The number of unbranched alkanes of at least 4 members (excludes halogenated alkanes) is 9. The lowest BCUT2D eigenvalue weighted by Crippen LogP contribution is -2.35. The fourth-order valence-electron chi connectivity index (χ4n) is 3.63. The number of hydrogen-bond donors (Lipinski definition) is 4. The van der Waals surface area contributed by atoms with Crippen molar-refractivity contribution in [3.63, 3.8) is 0 Å². The number of rotatable bonds is 11. The van der Waals surface area contributed by atoms with Gasteiger partial charge in [0.1, 0.15) is 0 Å². The minimum atomic E-state index is 0.835. The average molecular weight is 355 g/mol. The highest BCUT2D eigenvalue weighted by Gasteiger charge is 2.08. The first-order chi connectivity index (χ1) is 12.4. The molecule has 0 aromatic heterocycles. The topological polar surface area (TPSA) is 48.1 Å². The molecule has 25 heavy (non-hydrogen) atoms. The van der Waals surface area contributed by atoms with Crippen LogP contribution in [0.4, 0.5) is 0 Å². The lowest BCUT2D eigenvalue weighted by atomic mass is 9.96. The molecule has 4 N–H and O–H groups in total. The van der Waals surface area contributed by atoms with Gasteiger partial charge in [-0.3, -0.25) is 0 Å². The van der Waals surface area contributed by atoms with Gasteiger partial charge in [-0.25, -0.2) is 0 Å². The van der Waals surface area contributed by atoms with Crippen molar-refractivity contribution in [2.24, 2.45) is 5.92 Å². The van der Waals surface area contributed by atoms with Crippen LogP contribution in [0.5, 0.6) is 0 Å². The summed E-state index contributed by atoms with van der Waals surface area (Å²) in [7, 11) is 0. The van der Waals surface area contributed by atoms with Crippen molar-refractivity contribution < 1.29 is 0 Å². The quantitative estimate of drug-likeness (QED) is 0.428. The van der Waals surface area contributed by atoms with Crippen LogP contribution in [0.1, 0.15) is 84.0 Å². The molecule has 0 spiro atoms. The van der Waals surface area contributed by atoms with Crippen molar-refractivity contribution >= 4 is 0 Å². The minimum Gasteiger partial charge on any atom is -0.315 e. The van der Waals surface area contributed by atoms with Crippen LogP contribution < -0.4 is 21.3 Å². The molecule has 4 nitrogen and oxygen atoms in total. The van der Waals surface area contributed by atoms with E-state index in [2.05, 4.69) is 28.2 Å². The van der Waals surface area contributed by atoms with E-state index in [-0.39, 0.29) is 0 Å². The van der Waals surface area contributed by atoms with Crippen molar-refractivity contribution in [2.75, 3.05) is 45.9 Å². The molecule has 0 aliphatic carbocycles. The Morgan fingerprint density at radius 1 is 0.600 bits per heavy atom. The molecule has 0 amide bonds. The maximum Gasteiger partial charge on any atom is 0.0454 e. The molecule has 0 aromatic carbocycles. The Balaban J connectivity index is 1.99. The minimum absolute atomic E-state index is 0.835. The molecule has 1 atom stereocenters. The van der Waals surface area contributed by atoms with Gasteiger partial charge in [0.25, 0.3) is 0 Å². The number of nitrogens with one attached hydrogen (secondary N) is 4. The predicted molar refractivity (Wildman–Crippen MR) is 111 cm³/mol. The first-order valence-electron chi connectivity index (χ1n) is 11.3. The Kier molecular flexibility index (Phi) is 17.0. The standard InChI is InChI=1S/C21H46N4/c1-2-3-4-5-6-7-8-9-10-11-12-21-13-14-24-20-25-18-16-22-15-17-23-19-21/h21-25H,2-20H2,1H3. The summed E-state index contributed by atoms with van der Waals surface area (Å²) in [4.78, 5) is 0. The molecular formula is C21H46N4. The lowest BCUT2D eigenvalue weighted by Gasteiger charge is -2.18. The van der Waals surface area contributed by atoms with E-state index < -0.39 is 0 Å². The first kappa shape index (κ1) is 22.9. The van der Waals surface area contributed by atoms with Gasteiger partial charge in [0.05, 0.1) is 0 Å². The second kappa shape index (κ2) is 18.6. The molecule has 1 fully saturated rings. The van der Waals surface area contributed by atoms with Crippen molar-refractivity contribution in [1.82, 2.24) is 21.3 Å². The van der Waals surface area contributed by atoms with Crippen LogP contribution in [0.3, 0.4) is 0 Å². The fraction of sp³-hybridized carbons (Fsp3) is 1.00. The van der Waals surface area contributed by atoms with Crippen LogP contribution in [0, 0.1) is 5.92 Å². The molecule has 0 radical (unpaired) electrons. The van der Waals surface area contributed by atoms with Crippen LogP contribution in [0.25, 0.3) is 0 Å². The third-order valence-corrected chi connectivity index (χ3v) is 5.34. The molecule has 4 heteroatoms. The van der Waals surface area contributed by atoms with E-state index in [0.29, 0.717) is 0 Å². The van der Waals surface area contributed by atoms with E-state index in [4.69, 9.17) is 0 Å². The van der Waals surface area contributed by atoms with Gasteiger partial charge in [0.15, 0.2) is 0 Å². The summed E-state index contributed by atoms with van der Waals surface area (Å²) in [5.41, 5.74) is 0. The molecule has 1 saturated heterocycles. The predicted octanol–water partition coefficient (Wildman–Crippen LogP) is 3.63. The summed E-state index contributed by atoms with van der Waals surface area (Å²) in [6.45, 7) is 9.87. The normalized spacial score (nSPS) is 21.2. The summed E-state index contributed by atoms with van der Waals surface area (Å²) in [5.74, 6) is 0.835. The molecular weight excluding hydrogens is 308 g/mol. The Morgan fingerprint density at radius 3 is 1.88 bits per heavy atom. The molecule has 0 saturated carbocycles. The lowest BCUT2D eigenvalue weighted by molar-refractivity contribution is 0.389. The molecule has 1 rings (SSSR count). The summed E-state index contributed by atoms with van der Waals surface area (Å²) in [6, 6.07) is 0. The largest absolute Gasteiger partial charge is 0.315 e. The zero-order valence-corrected chi connectivity index (χ0v) is 17.0. The van der Waals surface area contributed by atoms with Gasteiger partial charge in [0, 0.05) is 32.8 Å². The molecule has 0 bridgehead atoms. The molecule has 1 unspecified atom stereocenters. The van der Waals surface area contributed by atoms with E-state index in [1.165, 1.54) is 83.6 Å². The van der Waals surface area contributed by atoms with Gasteiger partial charge in [0.2, 0.25) is 0 Å². The van der Waals surface area contributed by atoms with Crippen molar-refractivity contribution in [3.05, 3.63) is 0 Å². The first-order valence-corrected chi connectivity index (χ1v) is 11.3. The highest BCUT2D eigenvalue weighted by atomic mass is 15.1. The van der Waals surface area contributed by atoms with Gasteiger partial charge >= 0.3 is 0 Å². The third-order valence-electron chi connectivity index (χ3n) is 5.34.